The Morgan fingerprint density at radius 1 is 0.429 bits per heavy atom. The van der Waals surface area contributed by atoms with E-state index in [-0.39, 0.29) is 23.1 Å². The van der Waals surface area contributed by atoms with Gasteiger partial charge in [-0.2, -0.15) is 0 Å². The highest BCUT2D eigenvalue weighted by Crippen LogP contribution is 2.48. The number of hydrogen-bond donors (Lipinski definition) is 0. The number of hydrogen-bond acceptors (Lipinski definition) is 0. The van der Waals surface area contributed by atoms with Crippen LogP contribution in [-0.4, -0.2) is 15.9 Å². The van der Waals surface area contributed by atoms with Gasteiger partial charge < -0.3 is 9.05 Å². The molecule has 0 aliphatic carbocycles. The van der Waals surface area contributed by atoms with E-state index in [2.05, 4.69) is 220 Å². The minimum atomic E-state index is -0.0615. The van der Waals surface area contributed by atoms with E-state index in [4.69, 9.17) is 0 Å². The average molecular weight is 821 g/mol. The molecule has 0 radical (unpaired) electrons. The molecule has 2 aromatic heterocycles. The standard InChI is InChI=1S/C60H61BN2/c1-34(2)41-18-14-16-20-43(41)36-22-24-52-45(26-36)48-27-37(44-21-17-15-19-42(44)35(3)4)28-51-57(48)62(52)54-33-40(60(11,12)13)30-47-50-32-39(59(8,9)10)31-49-46-29-38(58(5,6)7)23-25-53(46)63(56(49)50)61(51)55(47)54/h14-35H,1-13H3. The Balaban J connectivity index is 1.35. The van der Waals surface area contributed by atoms with Crippen molar-refractivity contribution >= 4 is 61.4 Å². The Hall–Kier alpha value is -5.80. The van der Waals surface area contributed by atoms with Crippen LogP contribution in [-0.2, 0) is 16.2 Å². The molecule has 7 aromatic carbocycles. The van der Waals surface area contributed by atoms with Crippen molar-refractivity contribution in [3.8, 4) is 39.1 Å². The third-order valence-electron chi connectivity index (χ3n) is 14.7. The molecule has 9 aromatic rings. The van der Waals surface area contributed by atoms with Crippen LogP contribution in [0.2, 0.25) is 0 Å². The molecule has 0 N–H and O–H groups in total. The first kappa shape index (κ1) is 40.0. The third-order valence-corrected chi connectivity index (χ3v) is 14.7. The normalized spacial score (nSPS) is 13.7. The smallest absolute Gasteiger partial charge is 0.333 e. The van der Waals surface area contributed by atoms with Crippen LogP contribution in [0.4, 0.5) is 0 Å². The lowest BCUT2D eigenvalue weighted by atomic mass is 9.45. The zero-order chi connectivity index (χ0) is 44.2. The monoisotopic (exact) mass is 820 g/mol. The quantitative estimate of drug-likeness (QED) is 0.157. The van der Waals surface area contributed by atoms with Gasteiger partial charge in [-0.3, -0.25) is 0 Å². The highest BCUT2D eigenvalue weighted by Gasteiger charge is 2.43. The molecule has 0 amide bonds. The Labute approximate surface area is 375 Å². The first-order chi connectivity index (χ1) is 29.8. The summed E-state index contributed by atoms with van der Waals surface area (Å²) >= 11 is 0. The summed E-state index contributed by atoms with van der Waals surface area (Å²) in [6.07, 6.45) is 0. The van der Waals surface area contributed by atoms with Gasteiger partial charge >= 0.3 is 6.85 Å². The first-order valence-electron chi connectivity index (χ1n) is 23.4. The number of rotatable bonds is 4. The Bertz CT molecular complexity index is 3400. The number of fused-ring (bicyclic) bond motifs is 10. The van der Waals surface area contributed by atoms with Crippen LogP contribution in [0.15, 0.2) is 121 Å². The molecule has 0 spiro atoms. The van der Waals surface area contributed by atoms with Crippen LogP contribution >= 0.6 is 0 Å². The van der Waals surface area contributed by atoms with Gasteiger partial charge in [0.25, 0.3) is 0 Å². The fourth-order valence-corrected chi connectivity index (χ4v) is 11.2. The van der Waals surface area contributed by atoms with Crippen molar-refractivity contribution in [1.82, 2.24) is 9.05 Å². The lowest BCUT2D eigenvalue weighted by molar-refractivity contribution is 0.589. The molecule has 0 saturated carbocycles. The van der Waals surface area contributed by atoms with Crippen molar-refractivity contribution in [1.29, 1.82) is 0 Å². The van der Waals surface area contributed by atoms with Gasteiger partial charge in [-0.25, -0.2) is 0 Å². The summed E-state index contributed by atoms with van der Waals surface area (Å²) in [5.41, 5.74) is 24.1. The van der Waals surface area contributed by atoms with Gasteiger partial charge in [-0.1, -0.05) is 163 Å². The second-order valence-electron chi connectivity index (χ2n) is 22.6. The molecule has 2 aliphatic heterocycles. The fraction of sp³-hybridized carbons (Fsp3) is 0.300. The van der Waals surface area contributed by atoms with Crippen LogP contribution in [0.1, 0.15) is 130 Å². The summed E-state index contributed by atoms with van der Waals surface area (Å²) in [5.74, 6) is 0.808. The Morgan fingerprint density at radius 3 is 1.59 bits per heavy atom. The maximum atomic E-state index is 2.76. The first-order valence-corrected chi connectivity index (χ1v) is 23.4. The molecular formula is C60H61BN2. The van der Waals surface area contributed by atoms with Crippen molar-refractivity contribution in [2.75, 3.05) is 0 Å². The minimum absolute atomic E-state index is 0.0234. The summed E-state index contributed by atoms with van der Waals surface area (Å²) in [6.45, 7) is 30.6. The SMILES string of the molecule is CC(C)c1ccccc1-c1ccc2c(c1)c1cc(-c3ccccc3C(C)C)cc3c1n2-c1cc(C(C)(C)C)cc2c1B3n1c3ccc(C(C)(C)C)cc3c3cc(C(C)(C)C)cc-2c31. The average Bonchev–Trinajstić information content (AvgIpc) is 3.75. The van der Waals surface area contributed by atoms with Gasteiger partial charge in [-0.15, -0.1) is 0 Å². The fourth-order valence-electron chi connectivity index (χ4n) is 11.2. The van der Waals surface area contributed by atoms with Crippen LogP contribution in [0.25, 0.3) is 82.7 Å². The van der Waals surface area contributed by atoms with Gasteiger partial charge in [0.15, 0.2) is 0 Å². The van der Waals surface area contributed by atoms with Crippen molar-refractivity contribution in [3.05, 3.63) is 149 Å². The van der Waals surface area contributed by atoms with Crippen molar-refractivity contribution in [2.45, 2.75) is 118 Å². The van der Waals surface area contributed by atoms with Gasteiger partial charge in [0.2, 0.25) is 0 Å². The van der Waals surface area contributed by atoms with Crippen LogP contribution in [0.5, 0.6) is 0 Å². The molecule has 314 valence electrons. The molecule has 2 aliphatic rings. The lowest BCUT2D eigenvalue weighted by Gasteiger charge is -2.36. The van der Waals surface area contributed by atoms with E-state index in [9.17, 15) is 0 Å². The van der Waals surface area contributed by atoms with E-state index in [0.29, 0.717) is 11.8 Å². The van der Waals surface area contributed by atoms with E-state index in [0.717, 1.165) is 0 Å². The highest BCUT2D eigenvalue weighted by molar-refractivity contribution is 6.90. The maximum absolute atomic E-state index is 2.76. The van der Waals surface area contributed by atoms with Gasteiger partial charge in [0.05, 0.1) is 11.0 Å². The number of nitrogens with zero attached hydrogens (tertiary/aromatic N) is 2. The second kappa shape index (κ2) is 13.4. The summed E-state index contributed by atoms with van der Waals surface area (Å²) in [7, 11) is 0. The third kappa shape index (κ3) is 5.84. The second-order valence-corrected chi connectivity index (χ2v) is 22.6. The number of aromatic nitrogens is 2. The largest absolute Gasteiger partial charge is 0.375 e. The van der Waals surface area contributed by atoms with E-state index < -0.39 is 0 Å². The molecule has 63 heavy (non-hydrogen) atoms. The van der Waals surface area contributed by atoms with Gasteiger partial charge in [0.1, 0.15) is 0 Å². The molecule has 3 heteroatoms. The Kier molecular flexibility index (Phi) is 8.49. The van der Waals surface area contributed by atoms with Crippen molar-refractivity contribution in [2.24, 2.45) is 0 Å². The lowest BCUT2D eigenvalue weighted by Crippen LogP contribution is -2.55. The van der Waals surface area contributed by atoms with Crippen LogP contribution in [0, 0.1) is 0 Å². The highest BCUT2D eigenvalue weighted by atomic mass is 15.0. The van der Waals surface area contributed by atoms with Crippen LogP contribution < -0.4 is 10.9 Å². The summed E-state index contributed by atoms with van der Waals surface area (Å²) in [6, 6.07) is 48.1. The minimum Gasteiger partial charge on any atom is -0.375 e. The summed E-state index contributed by atoms with van der Waals surface area (Å²) < 4.78 is 5.43. The molecule has 0 saturated heterocycles. The predicted molar refractivity (Wildman–Crippen MR) is 275 cm³/mol. The molecule has 0 bridgehead atoms. The van der Waals surface area contributed by atoms with Crippen LogP contribution in [0.3, 0.4) is 0 Å². The summed E-state index contributed by atoms with van der Waals surface area (Å²) in [5, 5.41) is 5.35. The summed E-state index contributed by atoms with van der Waals surface area (Å²) in [4.78, 5) is 0. The molecule has 4 heterocycles. The molecule has 0 unspecified atom stereocenters. The van der Waals surface area contributed by atoms with Crippen molar-refractivity contribution < 1.29 is 0 Å². The Morgan fingerprint density at radius 2 is 0.952 bits per heavy atom. The van der Waals surface area contributed by atoms with Crippen molar-refractivity contribution in [3.63, 3.8) is 0 Å². The number of benzene rings is 7. The van der Waals surface area contributed by atoms with E-state index in [1.165, 1.54) is 121 Å². The topological polar surface area (TPSA) is 9.86 Å². The zero-order valence-corrected chi connectivity index (χ0v) is 39.7. The maximum Gasteiger partial charge on any atom is 0.333 e. The zero-order valence-electron chi connectivity index (χ0n) is 39.7. The molecular weight excluding hydrogens is 759 g/mol. The van der Waals surface area contributed by atoms with E-state index in [1.807, 2.05) is 0 Å². The predicted octanol–water partition coefficient (Wildman–Crippen LogP) is 15.3. The van der Waals surface area contributed by atoms with Gasteiger partial charge in [-0.05, 0) is 143 Å². The molecule has 2 nitrogen and oxygen atoms in total. The molecule has 11 rings (SSSR count). The van der Waals surface area contributed by atoms with Gasteiger partial charge in [0, 0.05) is 43.8 Å². The van der Waals surface area contributed by atoms with E-state index in [1.54, 1.807) is 0 Å². The molecule has 0 atom stereocenters. The molecule has 0 fully saturated rings. The van der Waals surface area contributed by atoms with E-state index >= 15 is 0 Å².